The highest BCUT2D eigenvalue weighted by atomic mass is 35.5. The lowest BCUT2D eigenvalue weighted by atomic mass is 10.1. The summed E-state index contributed by atoms with van der Waals surface area (Å²) in [6, 6.07) is 17.5. The Labute approximate surface area is 130 Å². The molecule has 2 aromatic carbocycles. The summed E-state index contributed by atoms with van der Waals surface area (Å²) in [6.45, 7) is 2.73. The van der Waals surface area contributed by atoms with Crippen LogP contribution >= 0.6 is 11.6 Å². The van der Waals surface area contributed by atoms with Crippen molar-refractivity contribution in [3.63, 3.8) is 0 Å². The Balaban J connectivity index is 1.75. The van der Waals surface area contributed by atoms with Crippen LogP contribution in [0.2, 0.25) is 5.02 Å². The molecule has 0 saturated heterocycles. The van der Waals surface area contributed by atoms with Gasteiger partial charge < -0.3 is 15.2 Å². The normalized spacial score (nSPS) is 13.7. The second-order valence-electron chi connectivity index (χ2n) is 4.94. The van der Waals surface area contributed by atoms with Crippen molar-refractivity contribution < 1.29 is 9.84 Å². The van der Waals surface area contributed by atoms with Gasteiger partial charge in [0.25, 0.3) is 0 Å². The Morgan fingerprint density at radius 2 is 1.76 bits per heavy atom. The van der Waals surface area contributed by atoms with Crippen LogP contribution in [0.5, 0.6) is 5.75 Å². The van der Waals surface area contributed by atoms with Gasteiger partial charge >= 0.3 is 0 Å². The predicted octanol–water partition coefficient (Wildman–Crippen LogP) is 3.43. The lowest BCUT2D eigenvalue weighted by Crippen LogP contribution is -2.33. The highest BCUT2D eigenvalue weighted by Gasteiger charge is 2.10. The summed E-state index contributed by atoms with van der Waals surface area (Å²) >= 11 is 5.99. The van der Waals surface area contributed by atoms with E-state index in [0.29, 0.717) is 17.3 Å². The first-order valence-corrected chi connectivity index (χ1v) is 7.38. The van der Waals surface area contributed by atoms with E-state index in [0.717, 1.165) is 0 Å². The van der Waals surface area contributed by atoms with Crippen molar-refractivity contribution >= 4 is 11.6 Å². The molecule has 0 unspecified atom stereocenters. The second kappa shape index (κ2) is 8.03. The molecular weight excluding hydrogens is 286 g/mol. The Morgan fingerprint density at radius 3 is 2.48 bits per heavy atom. The first-order valence-electron chi connectivity index (χ1n) is 7.00. The van der Waals surface area contributed by atoms with Crippen molar-refractivity contribution in [3.8, 4) is 5.75 Å². The standard InChI is InChI=1S/C17H20ClNO2/c1-13(14-7-3-2-4-8-14)19-11-15(20)12-21-17-10-6-5-9-16(17)18/h2-10,13,15,19-20H,11-12H2,1H3/t13-,15-/m1/s1. The van der Waals surface area contributed by atoms with Gasteiger partial charge in [0.15, 0.2) is 0 Å². The van der Waals surface area contributed by atoms with Gasteiger partial charge in [-0.1, -0.05) is 54.1 Å². The molecule has 0 amide bonds. The number of rotatable bonds is 7. The van der Waals surface area contributed by atoms with E-state index in [1.807, 2.05) is 30.3 Å². The molecule has 2 aromatic rings. The average molecular weight is 306 g/mol. The number of para-hydroxylation sites is 1. The Kier molecular flexibility index (Phi) is 6.05. The molecule has 0 aromatic heterocycles. The van der Waals surface area contributed by atoms with Crippen LogP contribution in [-0.4, -0.2) is 24.4 Å². The molecular formula is C17H20ClNO2. The lowest BCUT2D eigenvalue weighted by molar-refractivity contribution is 0.104. The van der Waals surface area contributed by atoms with Gasteiger partial charge in [-0.25, -0.2) is 0 Å². The molecule has 0 aliphatic heterocycles. The van der Waals surface area contributed by atoms with Gasteiger partial charge in [-0.3, -0.25) is 0 Å². The maximum Gasteiger partial charge on any atom is 0.138 e. The summed E-state index contributed by atoms with van der Waals surface area (Å²) in [7, 11) is 0. The lowest BCUT2D eigenvalue weighted by Gasteiger charge is -2.18. The molecule has 2 N–H and O–H groups in total. The van der Waals surface area contributed by atoms with E-state index in [9.17, 15) is 5.11 Å². The summed E-state index contributed by atoms with van der Waals surface area (Å²) in [5.74, 6) is 0.592. The van der Waals surface area contributed by atoms with Gasteiger partial charge in [-0.15, -0.1) is 0 Å². The second-order valence-corrected chi connectivity index (χ2v) is 5.34. The van der Waals surface area contributed by atoms with Gasteiger partial charge in [0.2, 0.25) is 0 Å². The van der Waals surface area contributed by atoms with E-state index in [4.69, 9.17) is 16.3 Å². The highest BCUT2D eigenvalue weighted by Crippen LogP contribution is 2.23. The quantitative estimate of drug-likeness (QED) is 0.823. The van der Waals surface area contributed by atoms with Crippen molar-refractivity contribution in [2.45, 2.75) is 19.1 Å². The summed E-state index contributed by atoms with van der Waals surface area (Å²) in [5.41, 5.74) is 1.19. The summed E-state index contributed by atoms with van der Waals surface area (Å²) in [5, 5.41) is 13.8. The number of aliphatic hydroxyl groups excluding tert-OH is 1. The van der Waals surface area contributed by atoms with Gasteiger partial charge in [0.05, 0.1) is 5.02 Å². The molecule has 2 rings (SSSR count). The van der Waals surface area contributed by atoms with Gasteiger partial charge in [0, 0.05) is 12.6 Å². The number of benzene rings is 2. The SMILES string of the molecule is C[C@@H](NC[C@@H](O)COc1ccccc1Cl)c1ccccc1. The maximum absolute atomic E-state index is 9.97. The zero-order chi connectivity index (χ0) is 15.1. The van der Waals surface area contributed by atoms with E-state index in [-0.39, 0.29) is 12.6 Å². The van der Waals surface area contributed by atoms with Crippen molar-refractivity contribution in [1.29, 1.82) is 0 Å². The van der Waals surface area contributed by atoms with Crippen LogP contribution in [0.1, 0.15) is 18.5 Å². The molecule has 4 heteroatoms. The van der Waals surface area contributed by atoms with E-state index < -0.39 is 6.10 Å². The fourth-order valence-electron chi connectivity index (χ4n) is 1.98. The number of hydrogen-bond acceptors (Lipinski definition) is 3. The monoisotopic (exact) mass is 305 g/mol. The summed E-state index contributed by atoms with van der Waals surface area (Å²) in [6.07, 6.45) is -0.590. The molecule has 0 saturated carbocycles. The zero-order valence-corrected chi connectivity index (χ0v) is 12.8. The van der Waals surface area contributed by atoms with E-state index in [2.05, 4.69) is 24.4 Å². The molecule has 2 atom stereocenters. The number of ether oxygens (including phenoxy) is 1. The molecule has 0 heterocycles. The van der Waals surface area contributed by atoms with Crippen molar-refractivity contribution in [2.75, 3.05) is 13.2 Å². The minimum atomic E-state index is -0.590. The molecule has 0 aliphatic rings. The molecule has 0 bridgehead atoms. The third-order valence-electron chi connectivity index (χ3n) is 3.23. The van der Waals surface area contributed by atoms with Crippen LogP contribution in [0.4, 0.5) is 0 Å². The van der Waals surface area contributed by atoms with Crippen LogP contribution < -0.4 is 10.1 Å². The topological polar surface area (TPSA) is 41.5 Å². The summed E-state index contributed by atoms with van der Waals surface area (Å²) < 4.78 is 5.51. The third kappa shape index (κ3) is 5.05. The minimum absolute atomic E-state index is 0.182. The van der Waals surface area contributed by atoms with Crippen LogP contribution in [0.15, 0.2) is 54.6 Å². The van der Waals surface area contributed by atoms with Crippen LogP contribution in [0, 0.1) is 0 Å². The van der Waals surface area contributed by atoms with Gasteiger partial charge in [0.1, 0.15) is 18.5 Å². The van der Waals surface area contributed by atoms with E-state index >= 15 is 0 Å². The number of aliphatic hydroxyl groups is 1. The first-order chi connectivity index (χ1) is 10.2. The Bertz CT molecular complexity index is 547. The highest BCUT2D eigenvalue weighted by molar-refractivity contribution is 6.32. The Morgan fingerprint density at radius 1 is 1.10 bits per heavy atom. The van der Waals surface area contributed by atoms with Crippen LogP contribution in [-0.2, 0) is 0 Å². The fraction of sp³-hybridized carbons (Fsp3) is 0.294. The average Bonchev–Trinajstić information content (AvgIpc) is 2.52. The molecule has 21 heavy (non-hydrogen) atoms. The first kappa shape index (κ1) is 15.8. The predicted molar refractivity (Wildman–Crippen MR) is 85.8 cm³/mol. The van der Waals surface area contributed by atoms with E-state index in [1.54, 1.807) is 12.1 Å². The van der Waals surface area contributed by atoms with Crippen molar-refractivity contribution in [2.24, 2.45) is 0 Å². The summed E-state index contributed by atoms with van der Waals surface area (Å²) in [4.78, 5) is 0. The largest absolute Gasteiger partial charge is 0.489 e. The smallest absolute Gasteiger partial charge is 0.138 e. The van der Waals surface area contributed by atoms with Crippen molar-refractivity contribution in [3.05, 3.63) is 65.2 Å². The van der Waals surface area contributed by atoms with Crippen molar-refractivity contribution in [1.82, 2.24) is 5.32 Å². The van der Waals surface area contributed by atoms with Crippen LogP contribution in [0.25, 0.3) is 0 Å². The number of hydrogen-bond donors (Lipinski definition) is 2. The van der Waals surface area contributed by atoms with Gasteiger partial charge in [-0.2, -0.15) is 0 Å². The zero-order valence-electron chi connectivity index (χ0n) is 12.0. The number of halogens is 1. The number of nitrogens with one attached hydrogen (secondary N) is 1. The molecule has 3 nitrogen and oxygen atoms in total. The minimum Gasteiger partial charge on any atom is -0.489 e. The molecule has 0 spiro atoms. The fourth-order valence-corrected chi connectivity index (χ4v) is 2.17. The molecule has 0 fully saturated rings. The van der Waals surface area contributed by atoms with Crippen LogP contribution in [0.3, 0.4) is 0 Å². The molecule has 112 valence electrons. The van der Waals surface area contributed by atoms with E-state index in [1.165, 1.54) is 5.56 Å². The molecule has 0 radical (unpaired) electrons. The third-order valence-corrected chi connectivity index (χ3v) is 3.54. The maximum atomic E-state index is 9.97. The molecule has 0 aliphatic carbocycles. The Hall–Kier alpha value is -1.55. The van der Waals surface area contributed by atoms with Gasteiger partial charge in [-0.05, 0) is 24.6 Å².